The summed E-state index contributed by atoms with van der Waals surface area (Å²) in [5, 5.41) is 9.86. The van der Waals surface area contributed by atoms with Crippen molar-refractivity contribution >= 4 is 5.91 Å². The second-order valence-electron chi connectivity index (χ2n) is 3.57. The lowest BCUT2D eigenvalue weighted by Crippen LogP contribution is -2.31. The van der Waals surface area contributed by atoms with Crippen molar-refractivity contribution in [2.75, 3.05) is 13.1 Å². The number of pyridine rings is 1. The minimum Gasteiger partial charge on any atom is -0.388 e. The number of nitrogens with zero attached hydrogens (tertiary/aromatic N) is 2. The van der Waals surface area contributed by atoms with Crippen LogP contribution >= 0.6 is 0 Å². The summed E-state index contributed by atoms with van der Waals surface area (Å²) in [6.07, 6.45) is 2.61. The highest BCUT2D eigenvalue weighted by atomic mass is 16.3. The molecule has 1 aromatic heterocycles. The average molecular weight is 222 g/mol. The molecule has 0 saturated carbocycles. The third kappa shape index (κ3) is 3.31. The van der Waals surface area contributed by atoms with Crippen LogP contribution in [0.2, 0.25) is 0 Å². The Balaban J connectivity index is 2.58. The zero-order valence-electron chi connectivity index (χ0n) is 9.76. The van der Waals surface area contributed by atoms with Crippen molar-refractivity contribution < 1.29 is 9.90 Å². The molecule has 1 atom stereocenters. The molecule has 0 aromatic carbocycles. The molecule has 0 spiro atoms. The fourth-order valence-corrected chi connectivity index (χ4v) is 1.57. The molecule has 16 heavy (non-hydrogen) atoms. The third-order valence-corrected chi connectivity index (χ3v) is 2.57. The van der Waals surface area contributed by atoms with E-state index in [2.05, 4.69) is 4.98 Å². The van der Waals surface area contributed by atoms with E-state index in [1.165, 1.54) is 0 Å². The number of hydrogen-bond donors (Lipinski definition) is 1. The van der Waals surface area contributed by atoms with Gasteiger partial charge in [-0.05, 0) is 31.5 Å². The van der Waals surface area contributed by atoms with Gasteiger partial charge < -0.3 is 10.0 Å². The lowest BCUT2D eigenvalue weighted by atomic mass is 10.1. The van der Waals surface area contributed by atoms with Crippen molar-refractivity contribution in [3.63, 3.8) is 0 Å². The van der Waals surface area contributed by atoms with Gasteiger partial charge in [0.15, 0.2) is 0 Å². The number of amides is 1. The van der Waals surface area contributed by atoms with Crippen molar-refractivity contribution in [3.05, 3.63) is 30.1 Å². The summed E-state index contributed by atoms with van der Waals surface area (Å²) >= 11 is 0. The monoisotopic (exact) mass is 222 g/mol. The molecule has 0 aliphatic heterocycles. The minimum absolute atomic E-state index is 0.0192. The number of carbonyl (C=O) groups is 1. The molecular weight excluding hydrogens is 204 g/mol. The number of rotatable bonds is 5. The third-order valence-electron chi connectivity index (χ3n) is 2.57. The number of carbonyl (C=O) groups excluding carboxylic acids is 1. The van der Waals surface area contributed by atoms with Crippen LogP contribution in [-0.4, -0.2) is 34.0 Å². The lowest BCUT2D eigenvalue weighted by Gasteiger charge is -2.20. The standard InChI is InChI=1S/C12H18N2O2/c1-3-14(4-2)12(16)9-11(15)10-5-7-13-8-6-10/h5-8,11,15H,3-4,9H2,1-2H3/t11-/m1/s1. The smallest absolute Gasteiger partial charge is 0.225 e. The number of hydrogen-bond acceptors (Lipinski definition) is 3. The molecule has 1 heterocycles. The SMILES string of the molecule is CCN(CC)C(=O)C[C@@H](O)c1ccncc1. The topological polar surface area (TPSA) is 53.4 Å². The Kier molecular flexibility index (Phi) is 4.92. The van der Waals surface area contributed by atoms with Crippen molar-refractivity contribution in [2.24, 2.45) is 0 Å². The summed E-state index contributed by atoms with van der Waals surface area (Å²) in [5.41, 5.74) is 0.732. The Hall–Kier alpha value is -1.42. The minimum atomic E-state index is -0.740. The van der Waals surface area contributed by atoms with Gasteiger partial charge >= 0.3 is 0 Å². The van der Waals surface area contributed by atoms with Gasteiger partial charge in [-0.25, -0.2) is 0 Å². The van der Waals surface area contributed by atoms with Gasteiger partial charge in [0, 0.05) is 25.5 Å². The summed E-state index contributed by atoms with van der Waals surface area (Å²) in [5.74, 6) is -0.0192. The van der Waals surface area contributed by atoms with Gasteiger partial charge in [0.05, 0.1) is 12.5 Å². The van der Waals surface area contributed by atoms with E-state index >= 15 is 0 Å². The molecule has 0 bridgehead atoms. The molecule has 88 valence electrons. The van der Waals surface area contributed by atoms with Gasteiger partial charge in [0.25, 0.3) is 0 Å². The van der Waals surface area contributed by atoms with Gasteiger partial charge in [-0.15, -0.1) is 0 Å². The predicted molar refractivity (Wildman–Crippen MR) is 61.7 cm³/mol. The van der Waals surface area contributed by atoms with E-state index < -0.39 is 6.10 Å². The van der Waals surface area contributed by atoms with E-state index in [-0.39, 0.29) is 12.3 Å². The number of aromatic nitrogens is 1. The quantitative estimate of drug-likeness (QED) is 0.818. The molecule has 1 N–H and O–H groups in total. The van der Waals surface area contributed by atoms with Crippen LogP contribution in [-0.2, 0) is 4.79 Å². The molecule has 0 fully saturated rings. The zero-order chi connectivity index (χ0) is 12.0. The average Bonchev–Trinajstić information content (AvgIpc) is 2.31. The molecule has 0 saturated heterocycles. The number of aliphatic hydroxyl groups excluding tert-OH is 1. The van der Waals surface area contributed by atoms with E-state index in [1.54, 1.807) is 29.4 Å². The van der Waals surface area contributed by atoms with E-state index in [0.29, 0.717) is 13.1 Å². The Morgan fingerprint density at radius 3 is 2.44 bits per heavy atom. The fraction of sp³-hybridized carbons (Fsp3) is 0.500. The molecule has 1 aromatic rings. The maximum atomic E-state index is 11.7. The first-order valence-corrected chi connectivity index (χ1v) is 5.54. The Morgan fingerprint density at radius 1 is 1.38 bits per heavy atom. The van der Waals surface area contributed by atoms with Gasteiger partial charge in [0.1, 0.15) is 0 Å². The molecule has 0 aliphatic carbocycles. The molecule has 4 heteroatoms. The summed E-state index contributed by atoms with van der Waals surface area (Å²) < 4.78 is 0. The molecule has 4 nitrogen and oxygen atoms in total. The van der Waals surface area contributed by atoms with Crippen LogP contribution in [0, 0.1) is 0 Å². The van der Waals surface area contributed by atoms with E-state index in [0.717, 1.165) is 5.56 Å². The zero-order valence-corrected chi connectivity index (χ0v) is 9.76. The van der Waals surface area contributed by atoms with Crippen LogP contribution in [0.3, 0.4) is 0 Å². The highest BCUT2D eigenvalue weighted by Crippen LogP contribution is 2.16. The van der Waals surface area contributed by atoms with Crippen LogP contribution < -0.4 is 0 Å². The maximum absolute atomic E-state index is 11.7. The van der Waals surface area contributed by atoms with Gasteiger partial charge in [-0.2, -0.15) is 0 Å². The first-order valence-electron chi connectivity index (χ1n) is 5.54. The lowest BCUT2D eigenvalue weighted by molar-refractivity contribution is -0.132. The number of aliphatic hydroxyl groups is 1. The van der Waals surface area contributed by atoms with Crippen molar-refractivity contribution in [1.82, 2.24) is 9.88 Å². The second-order valence-corrected chi connectivity index (χ2v) is 3.57. The van der Waals surface area contributed by atoms with Crippen molar-refractivity contribution in [3.8, 4) is 0 Å². The van der Waals surface area contributed by atoms with Gasteiger partial charge in [-0.1, -0.05) is 0 Å². The second kappa shape index (κ2) is 6.23. The summed E-state index contributed by atoms with van der Waals surface area (Å²) in [6.45, 7) is 5.22. The molecule has 1 rings (SSSR count). The van der Waals surface area contributed by atoms with Crippen LogP contribution in [0.25, 0.3) is 0 Å². The van der Waals surface area contributed by atoms with Crippen LogP contribution in [0.15, 0.2) is 24.5 Å². The largest absolute Gasteiger partial charge is 0.388 e. The Labute approximate surface area is 95.9 Å². The molecule has 1 amide bonds. The first-order chi connectivity index (χ1) is 7.69. The highest BCUT2D eigenvalue weighted by Gasteiger charge is 2.16. The first kappa shape index (κ1) is 12.6. The van der Waals surface area contributed by atoms with Crippen LogP contribution in [0.1, 0.15) is 31.9 Å². The van der Waals surface area contributed by atoms with E-state index in [4.69, 9.17) is 0 Å². The molecular formula is C12H18N2O2. The van der Waals surface area contributed by atoms with E-state index in [1.807, 2.05) is 13.8 Å². The fourth-order valence-electron chi connectivity index (χ4n) is 1.57. The molecule has 0 aliphatic rings. The van der Waals surface area contributed by atoms with Crippen LogP contribution in [0.5, 0.6) is 0 Å². The van der Waals surface area contributed by atoms with Crippen molar-refractivity contribution in [2.45, 2.75) is 26.4 Å². The van der Waals surface area contributed by atoms with E-state index in [9.17, 15) is 9.90 Å². The van der Waals surface area contributed by atoms with Crippen LogP contribution in [0.4, 0.5) is 0 Å². The normalized spacial score (nSPS) is 12.2. The van der Waals surface area contributed by atoms with Crippen molar-refractivity contribution in [1.29, 1.82) is 0 Å². The predicted octanol–water partition coefficient (Wildman–Crippen LogP) is 1.37. The molecule has 0 radical (unpaired) electrons. The molecule has 0 unspecified atom stereocenters. The van der Waals surface area contributed by atoms with Gasteiger partial charge in [0.2, 0.25) is 5.91 Å². The summed E-state index contributed by atoms with van der Waals surface area (Å²) in [4.78, 5) is 17.3. The summed E-state index contributed by atoms with van der Waals surface area (Å²) in [7, 11) is 0. The highest BCUT2D eigenvalue weighted by molar-refractivity contribution is 5.76. The Bertz CT molecular complexity index is 323. The maximum Gasteiger partial charge on any atom is 0.225 e. The van der Waals surface area contributed by atoms with Gasteiger partial charge in [-0.3, -0.25) is 9.78 Å². The summed E-state index contributed by atoms with van der Waals surface area (Å²) in [6, 6.07) is 3.44. The Morgan fingerprint density at radius 2 is 1.94 bits per heavy atom.